The molecule has 1 N–H and O–H groups in total. The largest absolute Gasteiger partial charge is 0.345 e. The number of carbonyl (C=O) groups excluding carboxylic acids is 2. The molecule has 1 saturated heterocycles. The van der Waals surface area contributed by atoms with Gasteiger partial charge >= 0.3 is 0 Å². The lowest BCUT2D eigenvalue weighted by Gasteiger charge is -2.33. The number of hydrogen-bond acceptors (Lipinski definition) is 2. The van der Waals surface area contributed by atoms with E-state index in [4.69, 9.17) is 11.6 Å². The van der Waals surface area contributed by atoms with Crippen molar-refractivity contribution < 1.29 is 9.59 Å². The monoisotopic (exact) mass is 216 g/mol. The molecular weight excluding hydrogens is 204 g/mol. The number of nitrogens with one attached hydrogen (secondary N) is 1. The van der Waals surface area contributed by atoms with Crippen LogP contribution in [0.15, 0.2) is 11.6 Å². The van der Waals surface area contributed by atoms with Gasteiger partial charge in [-0.05, 0) is 6.42 Å². The van der Waals surface area contributed by atoms with Crippen LogP contribution in [0, 0.1) is 0 Å². The molecule has 0 aromatic carbocycles. The van der Waals surface area contributed by atoms with Gasteiger partial charge in [-0.3, -0.25) is 9.59 Å². The van der Waals surface area contributed by atoms with Crippen LogP contribution in [0.2, 0.25) is 0 Å². The van der Waals surface area contributed by atoms with Crippen molar-refractivity contribution in [3.8, 4) is 0 Å². The predicted octanol–water partition coefficient (Wildman–Crippen LogP) is 0.476. The van der Waals surface area contributed by atoms with E-state index in [0.29, 0.717) is 13.0 Å². The first-order valence-electron chi connectivity index (χ1n) is 4.53. The fourth-order valence-electron chi connectivity index (χ4n) is 1.49. The van der Waals surface area contributed by atoms with Gasteiger partial charge in [0.2, 0.25) is 11.8 Å². The maximum atomic E-state index is 11.4. The normalized spacial score (nSPS) is 23.0. The first kappa shape index (κ1) is 11.0. The molecule has 2 amide bonds. The molecule has 1 unspecified atom stereocenters. The molecule has 0 bridgehead atoms. The minimum absolute atomic E-state index is 0.0637. The standard InChI is InChI=1S/C9H13ClN2O2/c1-2-7-9(14)11-6-8(13)12(7)5-3-4-10/h3-4,7H,2,5-6H2,1H3,(H,11,14)/b4-3+. The van der Waals surface area contributed by atoms with Gasteiger partial charge in [0.1, 0.15) is 6.04 Å². The molecular formula is C9H13ClN2O2. The van der Waals surface area contributed by atoms with Crippen LogP contribution in [0.1, 0.15) is 13.3 Å². The van der Waals surface area contributed by atoms with Gasteiger partial charge in [0.15, 0.2) is 0 Å². The van der Waals surface area contributed by atoms with Crippen molar-refractivity contribution in [2.24, 2.45) is 0 Å². The number of amides is 2. The molecule has 0 spiro atoms. The van der Waals surface area contributed by atoms with Gasteiger partial charge in [-0.1, -0.05) is 24.6 Å². The lowest BCUT2D eigenvalue weighted by molar-refractivity contribution is -0.145. The van der Waals surface area contributed by atoms with Crippen molar-refractivity contribution in [2.75, 3.05) is 13.1 Å². The molecule has 1 aliphatic rings. The van der Waals surface area contributed by atoms with Crippen molar-refractivity contribution in [1.29, 1.82) is 0 Å². The second-order valence-corrected chi connectivity index (χ2v) is 3.30. The summed E-state index contributed by atoms with van der Waals surface area (Å²) in [6.45, 7) is 2.36. The van der Waals surface area contributed by atoms with Crippen LogP contribution >= 0.6 is 11.6 Å². The number of piperazine rings is 1. The molecule has 4 nitrogen and oxygen atoms in total. The highest BCUT2D eigenvalue weighted by atomic mass is 35.5. The number of rotatable bonds is 3. The van der Waals surface area contributed by atoms with Crippen LogP contribution < -0.4 is 5.32 Å². The first-order valence-corrected chi connectivity index (χ1v) is 4.96. The van der Waals surface area contributed by atoms with E-state index in [9.17, 15) is 9.59 Å². The minimum atomic E-state index is -0.357. The summed E-state index contributed by atoms with van der Waals surface area (Å²) >= 11 is 5.38. The van der Waals surface area contributed by atoms with Crippen LogP contribution in [0.5, 0.6) is 0 Å². The smallest absolute Gasteiger partial charge is 0.243 e. The van der Waals surface area contributed by atoms with E-state index < -0.39 is 0 Å². The molecule has 0 aromatic heterocycles. The Balaban J connectivity index is 2.73. The number of halogens is 1. The summed E-state index contributed by atoms with van der Waals surface area (Å²) in [5, 5.41) is 2.55. The van der Waals surface area contributed by atoms with Crippen LogP contribution in [0.25, 0.3) is 0 Å². The zero-order valence-corrected chi connectivity index (χ0v) is 8.75. The van der Waals surface area contributed by atoms with Gasteiger partial charge in [-0.2, -0.15) is 0 Å². The Labute approximate surface area is 87.9 Å². The molecule has 1 atom stereocenters. The Morgan fingerprint density at radius 1 is 1.64 bits per heavy atom. The van der Waals surface area contributed by atoms with Gasteiger partial charge in [0.05, 0.1) is 6.54 Å². The second-order valence-electron chi connectivity index (χ2n) is 3.05. The molecule has 0 saturated carbocycles. The highest BCUT2D eigenvalue weighted by molar-refractivity contribution is 6.25. The molecule has 0 radical (unpaired) electrons. The van der Waals surface area contributed by atoms with E-state index >= 15 is 0 Å². The van der Waals surface area contributed by atoms with Crippen molar-refractivity contribution in [2.45, 2.75) is 19.4 Å². The van der Waals surface area contributed by atoms with E-state index in [2.05, 4.69) is 5.32 Å². The lowest BCUT2D eigenvalue weighted by atomic mass is 10.1. The Morgan fingerprint density at radius 2 is 2.36 bits per heavy atom. The topological polar surface area (TPSA) is 49.4 Å². The quantitative estimate of drug-likeness (QED) is 0.746. The van der Waals surface area contributed by atoms with Gasteiger partial charge in [-0.25, -0.2) is 0 Å². The SMILES string of the molecule is CCC1C(=O)NCC(=O)N1C/C=C/Cl. The van der Waals surface area contributed by atoms with Crippen molar-refractivity contribution in [1.82, 2.24) is 10.2 Å². The Morgan fingerprint density at radius 3 is 2.93 bits per heavy atom. The lowest BCUT2D eigenvalue weighted by Crippen LogP contribution is -2.58. The van der Waals surface area contributed by atoms with Crippen molar-refractivity contribution >= 4 is 23.4 Å². The van der Waals surface area contributed by atoms with E-state index in [1.54, 1.807) is 6.08 Å². The molecule has 1 aliphatic heterocycles. The summed E-state index contributed by atoms with van der Waals surface area (Å²) in [6.07, 6.45) is 2.27. The zero-order valence-electron chi connectivity index (χ0n) is 8.00. The van der Waals surface area contributed by atoms with Gasteiger partial charge in [-0.15, -0.1) is 0 Å². The van der Waals surface area contributed by atoms with E-state index in [1.807, 2.05) is 6.92 Å². The summed E-state index contributed by atoms with van der Waals surface area (Å²) in [5.41, 5.74) is 1.35. The van der Waals surface area contributed by atoms with Crippen LogP contribution in [0.4, 0.5) is 0 Å². The van der Waals surface area contributed by atoms with Gasteiger partial charge in [0.25, 0.3) is 0 Å². The van der Waals surface area contributed by atoms with E-state index in [1.165, 1.54) is 10.4 Å². The van der Waals surface area contributed by atoms with Crippen molar-refractivity contribution in [3.05, 3.63) is 11.6 Å². The maximum Gasteiger partial charge on any atom is 0.243 e. The molecule has 14 heavy (non-hydrogen) atoms. The summed E-state index contributed by atoms with van der Waals surface area (Å²) in [5.74, 6) is -0.152. The highest BCUT2D eigenvalue weighted by Crippen LogP contribution is 2.09. The third-order valence-electron chi connectivity index (χ3n) is 2.19. The Kier molecular flexibility index (Phi) is 3.95. The molecule has 1 rings (SSSR count). The molecule has 78 valence electrons. The third-order valence-corrected chi connectivity index (χ3v) is 2.37. The highest BCUT2D eigenvalue weighted by Gasteiger charge is 2.31. The maximum absolute atomic E-state index is 11.4. The summed E-state index contributed by atoms with van der Waals surface area (Å²) in [7, 11) is 0. The average molecular weight is 217 g/mol. The molecule has 0 aliphatic carbocycles. The fraction of sp³-hybridized carbons (Fsp3) is 0.556. The Hall–Kier alpha value is -1.03. The number of carbonyl (C=O) groups is 2. The van der Waals surface area contributed by atoms with E-state index in [-0.39, 0.29) is 24.4 Å². The van der Waals surface area contributed by atoms with Crippen molar-refractivity contribution in [3.63, 3.8) is 0 Å². The fourth-order valence-corrected chi connectivity index (χ4v) is 1.57. The third kappa shape index (κ3) is 2.26. The molecule has 1 heterocycles. The van der Waals surface area contributed by atoms with E-state index in [0.717, 1.165) is 0 Å². The summed E-state index contributed by atoms with van der Waals surface area (Å²) in [6, 6.07) is -0.357. The van der Waals surface area contributed by atoms with Crippen LogP contribution in [-0.2, 0) is 9.59 Å². The summed E-state index contributed by atoms with van der Waals surface area (Å²) < 4.78 is 0. The summed E-state index contributed by atoms with van der Waals surface area (Å²) in [4.78, 5) is 24.4. The van der Waals surface area contributed by atoms with Crippen LogP contribution in [0.3, 0.4) is 0 Å². The second kappa shape index (κ2) is 5.00. The Bertz CT molecular complexity index is 266. The van der Waals surface area contributed by atoms with Gasteiger partial charge in [0, 0.05) is 12.1 Å². The average Bonchev–Trinajstić information content (AvgIpc) is 2.19. The first-order chi connectivity index (χ1) is 6.70. The zero-order chi connectivity index (χ0) is 10.6. The molecule has 1 fully saturated rings. The number of hydrogen-bond donors (Lipinski definition) is 1. The number of nitrogens with zero attached hydrogens (tertiary/aromatic N) is 1. The van der Waals surface area contributed by atoms with Gasteiger partial charge < -0.3 is 10.2 Å². The molecule has 0 aromatic rings. The predicted molar refractivity (Wildman–Crippen MR) is 53.8 cm³/mol. The molecule has 5 heteroatoms. The minimum Gasteiger partial charge on any atom is -0.345 e. The van der Waals surface area contributed by atoms with Crippen LogP contribution in [-0.4, -0.2) is 35.8 Å².